The molecule has 0 saturated heterocycles. The first-order valence-corrected chi connectivity index (χ1v) is 6.06. The van der Waals surface area contributed by atoms with E-state index in [1.807, 2.05) is 6.07 Å². The van der Waals surface area contributed by atoms with Gasteiger partial charge in [-0.25, -0.2) is 0 Å². The average molecular weight is 292 g/mol. The summed E-state index contributed by atoms with van der Waals surface area (Å²) in [5, 5.41) is 9.00. The highest BCUT2D eigenvalue weighted by Crippen LogP contribution is 2.29. The first-order valence-electron chi connectivity index (χ1n) is 6.06. The lowest BCUT2D eigenvalue weighted by molar-refractivity contribution is -0.137. The van der Waals surface area contributed by atoms with Crippen LogP contribution >= 0.6 is 0 Å². The average Bonchev–Trinajstić information content (AvgIpc) is 2.38. The van der Waals surface area contributed by atoms with E-state index in [-0.39, 0.29) is 5.56 Å². The fraction of sp³-hybridized carbons (Fsp3) is 0.200. The Hall–Kier alpha value is -2.55. The molecule has 0 fully saturated rings. The Morgan fingerprint density at radius 1 is 1.14 bits per heavy atom. The summed E-state index contributed by atoms with van der Waals surface area (Å²) < 4.78 is 38.8. The van der Waals surface area contributed by atoms with Gasteiger partial charge < -0.3 is 0 Å². The molecule has 108 valence electrons. The van der Waals surface area contributed by atoms with E-state index in [2.05, 4.69) is 0 Å². The van der Waals surface area contributed by atoms with Crippen molar-refractivity contribution < 1.29 is 13.2 Å². The Labute approximate surface area is 118 Å². The van der Waals surface area contributed by atoms with Crippen LogP contribution in [0, 0.1) is 25.2 Å². The van der Waals surface area contributed by atoms with Crippen LogP contribution in [0.15, 0.2) is 35.1 Å². The number of alkyl halides is 3. The van der Waals surface area contributed by atoms with E-state index in [4.69, 9.17) is 5.26 Å². The van der Waals surface area contributed by atoms with Crippen LogP contribution in [0.4, 0.5) is 13.2 Å². The van der Waals surface area contributed by atoms with Crippen molar-refractivity contribution >= 4 is 0 Å². The number of rotatable bonds is 1. The normalized spacial score (nSPS) is 11.2. The summed E-state index contributed by atoms with van der Waals surface area (Å²) in [5.74, 6) is 0. The number of benzene rings is 1. The minimum Gasteiger partial charge on any atom is -0.280 e. The maximum absolute atomic E-state index is 12.5. The number of pyridine rings is 1. The quantitative estimate of drug-likeness (QED) is 0.809. The van der Waals surface area contributed by atoms with Gasteiger partial charge in [0.1, 0.15) is 11.6 Å². The molecule has 3 nitrogen and oxygen atoms in total. The van der Waals surface area contributed by atoms with Crippen molar-refractivity contribution in [2.75, 3.05) is 0 Å². The summed E-state index contributed by atoms with van der Waals surface area (Å²) in [7, 11) is 0. The molecule has 0 saturated carbocycles. The zero-order valence-electron chi connectivity index (χ0n) is 11.3. The molecule has 0 spiro atoms. The number of halogens is 3. The molecule has 0 atom stereocenters. The van der Waals surface area contributed by atoms with Gasteiger partial charge in [-0.05, 0) is 49.7 Å². The molecule has 1 aromatic carbocycles. The van der Waals surface area contributed by atoms with Crippen LogP contribution in [0.5, 0.6) is 0 Å². The molecule has 0 amide bonds. The Bertz CT molecular complexity index is 781. The van der Waals surface area contributed by atoms with Crippen molar-refractivity contribution in [1.82, 2.24) is 4.57 Å². The maximum Gasteiger partial charge on any atom is 0.416 e. The molecule has 2 rings (SSSR count). The largest absolute Gasteiger partial charge is 0.416 e. The second-order valence-corrected chi connectivity index (χ2v) is 4.64. The molecule has 1 heterocycles. The molecular weight excluding hydrogens is 281 g/mol. The Kier molecular flexibility index (Phi) is 3.60. The Morgan fingerprint density at radius 2 is 1.71 bits per heavy atom. The van der Waals surface area contributed by atoms with E-state index in [0.717, 1.165) is 12.1 Å². The molecule has 0 aliphatic heterocycles. The molecule has 0 N–H and O–H groups in total. The predicted molar refractivity (Wildman–Crippen MR) is 71.2 cm³/mol. The maximum atomic E-state index is 12.5. The third kappa shape index (κ3) is 2.68. The summed E-state index contributed by atoms with van der Waals surface area (Å²) in [6, 6.07) is 7.73. The highest BCUT2D eigenvalue weighted by Gasteiger charge is 2.30. The molecule has 0 bridgehead atoms. The van der Waals surface area contributed by atoms with E-state index in [1.165, 1.54) is 16.7 Å². The van der Waals surface area contributed by atoms with Gasteiger partial charge in [-0.1, -0.05) is 0 Å². The van der Waals surface area contributed by atoms with Crippen molar-refractivity contribution in [1.29, 1.82) is 5.26 Å². The zero-order chi connectivity index (χ0) is 15.8. The highest BCUT2D eigenvalue weighted by molar-refractivity contribution is 5.43. The Morgan fingerprint density at radius 3 is 2.19 bits per heavy atom. The van der Waals surface area contributed by atoms with Crippen LogP contribution in [0.1, 0.15) is 22.4 Å². The summed E-state index contributed by atoms with van der Waals surface area (Å²) >= 11 is 0. The predicted octanol–water partition coefficient (Wildman–Crippen LogP) is 3.34. The second-order valence-electron chi connectivity index (χ2n) is 4.64. The lowest BCUT2D eigenvalue weighted by Gasteiger charge is -2.13. The lowest BCUT2D eigenvalue weighted by Crippen LogP contribution is -2.24. The number of hydrogen-bond acceptors (Lipinski definition) is 2. The van der Waals surface area contributed by atoms with Gasteiger partial charge >= 0.3 is 6.18 Å². The van der Waals surface area contributed by atoms with Gasteiger partial charge in [-0.15, -0.1) is 0 Å². The number of nitrogens with zero attached hydrogens (tertiary/aromatic N) is 2. The molecule has 1 aromatic heterocycles. The summed E-state index contributed by atoms with van der Waals surface area (Å²) in [6.45, 7) is 3.30. The van der Waals surface area contributed by atoms with Crippen molar-refractivity contribution in [3.63, 3.8) is 0 Å². The van der Waals surface area contributed by atoms with E-state index < -0.39 is 17.3 Å². The number of aromatic nitrogens is 1. The summed E-state index contributed by atoms with van der Waals surface area (Å²) in [5.41, 5.74) is 0.0567. The van der Waals surface area contributed by atoms with Crippen molar-refractivity contribution in [3.8, 4) is 11.8 Å². The lowest BCUT2D eigenvalue weighted by atomic mass is 10.1. The standard InChI is InChI=1S/C15H11F3N2O/c1-9-7-10(2)20(14(21)13(9)8-19)12-5-3-11(4-6-12)15(16,17)18/h3-7H,1-2H3. The van der Waals surface area contributed by atoms with Gasteiger partial charge in [-0.2, -0.15) is 18.4 Å². The van der Waals surface area contributed by atoms with Crippen molar-refractivity contribution in [2.24, 2.45) is 0 Å². The van der Waals surface area contributed by atoms with E-state index in [1.54, 1.807) is 19.9 Å². The van der Waals surface area contributed by atoms with Crippen LogP contribution in [0.3, 0.4) is 0 Å². The zero-order valence-corrected chi connectivity index (χ0v) is 11.3. The first-order chi connectivity index (χ1) is 9.75. The van der Waals surface area contributed by atoms with E-state index in [9.17, 15) is 18.0 Å². The van der Waals surface area contributed by atoms with Crippen molar-refractivity contribution in [3.05, 3.63) is 63.1 Å². The molecule has 0 unspecified atom stereocenters. The number of nitriles is 1. The molecule has 2 aromatic rings. The van der Waals surface area contributed by atoms with Gasteiger partial charge in [0.05, 0.1) is 5.56 Å². The van der Waals surface area contributed by atoms with E-state index >= 15 is 0 Å². The smallest absolute Gasteiger partial charge is 0.280 e. The number of aryl methyl sites for hydroxylation is 2. The third-order valence-corrected chi connectivity index (χ3v) is 3.15. The molecule has 21 heavy (non-hydrogen) atoms. The minimum atomic E-state index is -4.43. The van der Waals surface area contributed by atoms with Gasteiger partial charge in [0, 0.05) is 11.4 Å². The SMILES string of the molecule is Cc1cc(C)n(-c2ccc(C(F)(F)F)cc2)c(=O)c1C#N. The first kappa shape index (κ1) is 14.9. The van der Waals surface area contributed by atoms with Gasteiger partial charge in [0.2, 0.25) is 0 Å². The fourth-order valence-electron chi connectivity index (χ4n) is 2.15. The Balaban J connectivity index is 2.64. The molecule has 6 heteroatoms. The van der Waals surface area contributed by atoms with Crippen LogP contribution in [0.2, 0.25) is 0 Å². The molecule has 0 aliphatic rings. The van der Waals surface area contributed by atoms with Crippen LogP contribution in [0.25, 0.3) is 5.69 Å². The summed E-state index contributed by atoms with van der Waals surface area (Å²) in [4.78, 5) is 12.2. The minimum absolute atomic E-state index is 0.0134. The highest BCUT2D eigenvalue weighted by atomic mass is 19.4. The molecule has 0 radical (unpaired) electrons. The van der Waals surface area contributed by atoms with Gasteiger partial charge in [0.25, 0.3) is 5.56 Å². The third-order valence-electron chi connectivity index (χ3n) is 3.15. The molecule has 0 aliphatic carbocycles. The van der Waals surface area contributed by atoms with Crippen LogP contribution in [-0.4, -0.2) is 4.57 Å². The molecular formula is C15H11F3N2O. The second kappa shape index (κ2) is 5.09. The van der Waals surface area contributed by atoms with E-state index in [0.29, 0.717) is 16.9 Å². The van der Waals surface area contributed by atoms with Crippen LogP contribution in [-0.2, 0) is 6.18 Å². The topological polar surface area (TPSA) is 45.8 Å². The van der Waals surface area contributed by atoms with Gasteiger partial charge in [-0.3, -0.25) is 9.36 Å². The monoisotopic (exact) mass is 292 g/mol. The van der Waals surface area contributed by atoms with Crippen LogP contribution < -0.4 is 5.56 Å². The van der Waals surface area contributed by atoms with Gasteiger partial charge in [0.15, 0.2) is 0 Å². The fourth-order valence-corrected chi connectivity index (χ4v) is 2.15. The summed E-state index contributed by atoms with van der Waals surface area (Å²) in [6.07, 6.45) is -4.43. The number of hydrogen-bond donors (Lipinski definition) is 0. The van der Waals surface area contributed by atoms with Crippen molar-refractivity contribution in [2.45, 2.75) is 20.0 Å².